The van der Waals surface area contributed by atoms with Gasteiger partial charge in [-0.15, -0.1) is 0 Å². The Morgan fingerprint density at radius 3 is 2.18 bits per heavy atom. The van der Waals surface area contributed by atoms with E-state index >= 15 is 0 Å². The van der Waals surface area contributed by atoms with Gasteiger partial charge in [0.25, 0.3) is 0 Å². The Bertz CT molecular complexity index is 516. The Morgan fingerprint density at radius 2 is 1.68 bits per heavy atom. The zero-order valence-electron chi connectivity index (χ0n) is 14.7. The molecule has 4 heteroatoms. The molecule has 0 saturated heterocycles. The van der Waals surface area contributed by atoms with E-state index in [4.69, 9.17) is 4.74 Å². The Balaban J connectivity index is 1.84. The molecule has 3 rings (SSSR count). The lowest BCUT2D eigenvalue weighted by Crippen LogP contribution is -2.79. The van der Waals surface area contributed by atoms with Crippen LogP contribution in [0.4, 0.5) is 0 Å². The quantitative estimate of drug-likeness (QED) is 0.770. The molecule has 126 valence electrons. The number of aliphatic hydroxyl groups is 2. The van der Waals surface area contributed by atoms with Crippen LogP contribution in [0.15, 0.2) is 0 Å². The fraction of sp³-hybridized carbons (Fsp3) is 0.944. The van der Waals surface area contributed by atoms with Gasteiger partial charge >= 0.3 is 5.97 Å². The van der Waals surface area contributed by atoms with Gasteiger partial charge in [-0.25, -0.2) is 0 Å². The molecule has 5 atom stereocenters. The Labute approximate surface area is 133 Å². The van der Waals surface area contributed by atoms with Crippen LogP contribution in [0.2, 0.25) is 0 Å². The van der Waals surface area contributed by atoms with Gasteiger partial charge in [0.2, 0.25) is 0 Å². The van der Waals surface area contributed by atoms with Crippen molar-refractivity contribution < 1.29 is 19.7 Å². The summed E-state index contributed by atoms with van der Waals surface area (Å²) < 4.78 is 6.01. The predicted molar refractivity (Wildman–Crippen MR) is 83.1 cm³/mol. The lowest BCUT2D eigenvalue weighted by Gasteiger charge is -2.73. The molecule has 0 amide bonds. The third kappa shape index (κ3) is 1.99. The van der Waals surface area contributed by atoms with E-state index in [0.29, 0.717) is 18.8 Å². The van der Waals surface area contributed by atoms with Crippen molar-refractivity contribution in [3.8, 4) is 0 Å². The minimum atomic E-state index is -0.969. The van der Waals surface area contributed by atoms with Gasteiger partial charge in [0.1, 0.15) is 5.60 Å². The number of ether oxygens (including phenoxy) is 1. The predicted octanol–water partition coefficient (Wildman–Crippen LogP) is 2.66. The highest BCUT2D eigenvalue weighted by atomic mass is 16.6. The van der Waals surface area contributed by atoms with E-state index in [0.717, 1.165) is 12.8 Å². The van der Waals surface area contributed by atoms with Crippen LogP contribution in [0.5, 0.6) is 0 Å². The van der Waals surface area contributed by atoms with Crippen molar-refractivity contribution in [2.24, 2.45) is 22.7 Å². The first-order valence-corrected chi connectivity index (χ1v) is 8.41. The Hall–Kier alpha value is -0.610. The summed E-state index contributed by atoms with van der Waals surface area (Å²) in [7, 11) is 0. The molecule has 0 aromatic carbocycles. The average molecular weight is 310 g/mol. The summed E-state index contributed by atoms with van der Waals surface area (Å²) in [5.74, 6) is 0.247. The highest BCUT2D eigenvalue weighted by Crippen LogP contribution is 2.70. The lowest BCUT2D eigenvalue weighted by molar-refractivity contribution is -0.348. The van der Waals surface area contributed by atoms with Crippen LogP contribution >= 0.6 is 0 Å². The fourth-order valence-corrected chi connectivity index (χ4v) is 4.99. The van der Waals surface area contributed by atoms with Gasteiger partial charge in [0, 0.05) is 18.8 Å². The van der Waals surface area contributed by atoms with Gasteiger partial charge in [-0.3, -0.25) is 4.79 Å². The maximum atomic E-state index is 12.8. The topological polar surface area (TPSA) is 66.8 Å². The van der Waals surface area contributed by atoms with Gasteiger partial charge < -0.3 is 14.9 Å². The molecule has 4 nitrogen and oxygen atoms in total. The van der Waals surface area contributed by atoms with Gasteiger partial charge in [-0.2, -0.15) is 0 Å². The van der Waals surface area contributed by atoms with Crippen molar-refractivity contribution in [1.82, 2.24) is 0 Å². The molecule has 0 bridgehead atoms. The van der Waals surface area contributed by atoms with Gasteiger partial charge in [-0.05, 0) is 44.9 Å². The molecule has 2 N–H and O–H groups in total. The number of carbonyl (C=O) groups is 1. The molecule has 0 heterocycles. The smallest absolute Gasteiger partial charge is 0.312 e. The van der Waals surface area contributed by atoms with Gasteiger partial charge in [0.05, 0.1) is 16.6 Å². The van der Waals surface area contributed by atoms with E-state index < -0.39 is 22.2 Å². The minimum Gasteiger partial charge on any atom is -0.458 e. The maximum absolute atomic E-state index is 12.8. The Morgan fingerprint density at radius 1 is 1.09 bits per heavy atom. The molecule has 5 unspecified atom stereocenters. The summed E-state index contributed by atoms with van der Waals surface area (Å²) in [5, 5.41) is 21.3. The van der Waals surface area contributed by atoms with Crippen LogP contribution in [0.25, 0.3) is 0 Å². The minimum absolute atomic E-state index is 0.0138. The number of carbonyl (C=O) groups excluding carboxylic acids is 1. The second-order valence-corrected chi connectivity index (χ2v) is 9.93. The normalized spacial score (nSPS) is 47.1. The molecule has 22 heavy (non-hydrogen) atoms. The van der Waals surface area contributed by atoms with Crippen molar-refractivity contribution in [3.05, 3.63) is 0 Å². The van der Waals surface area contributed by atoms with Gasteiger partial charge in [-0.1, -0.05) is 20.8 Å². The summed E-state index contributed by atoms with van der Waals surface area (Å²) in [6, 6.07) is 0. The van der Waals surface area contributed by atoms with Crippen LogP contribution in [-0.2, 0) is 9.53 Å². The molecule has 0 aromatic rings. The third-order valence-corrected chi connectivity index (χ3v) is 6.89. The SMILES string of the molecule is CC1(O)CC2(O)CC3CC(OC(=O)C(C)(C)C(C)(C)C)(C1)C32. The highest BCUT2D eigenvalue weighted by molar-refractivity contribution is 5.77. The second-order valence-electron chi connectivity index (χ2n) is 9.93. The second kappa shape index (κ2) is 4.07. The fourth-order valence-electron chi connectivity index (χ4n) is 4.99. The zero-order chi connectivity index (χ0) is 16.8. The van der Waals surface area contributed by atoms with Crippen LogP contribution in [-0.4, -0.2) is 33.0 Å². The zero-order valence-corrected chi connectivity index (χ0v) is 14.7. The van der Waals surface area contributed by atoms with Crippen molar-refractivity contribution in [3.63, 3.8) is 0 Å². The van der Waals surface area contributed by atoms with Crippen LogP contribution in [0.1, 0.15) is 67.2 Å². The van der Waals surface area contributed by atoms with Crippen LogP contribution in [0, 0.1) is 22.7 Å². The molecule has 3 fully saturated rings. The largest absolute Gasteiger partial charge is 0.458 e. The summed E-state index contributed by atoms with van der Waals surface area (Å²) in [6.07, 6.45) is 2.34. The van der Waals surface area contributed by atoms with Crippen molar-refractivity contribution in [1.29, 1.82) is 0 Å². The monoisotopic (exact) mass is 310 g/mol. The summed E-state index contributed by atoms with van der Waals surface area (Å²) in [6.45, 7) is 11.7. The van der Waals surface area contributed by atoms with E-state index in [1.807, 2.05) is 34.6 Å². The first kappa shape index (κ1) is 16.3. The molecule has 3 aliphatic carbocycles. The average Bonchev–Trinajstić information content (AvgIpc) is 2.20. The maximum Gasteiger partial charge on any atom is 0.312 e. The molecule has 0 aromatic heterocycles. The van der Waals surface area contributed by atoms with Gasteiger partial charge in [0.15, 0.2) is 0 Å². The summed E-state index contributed by atoms with van der Waals surface area (Å²) >= 11 is 0. The summed E-state index contributed by atoms with van der Waals surface area (Å²) in [4.78, 5) is 12.8. The number of hydrogen-bond acceptors (Lipinski definition) is 4. The molecule has 0 radical (unpaired) electrons. The molecule has 3 saturated carbocycles. The van der Waals surface area contributed by atoms with Crippen molar-refractivity contribution in [2.45, 2.75) is 84.0 Å². The highest BCUT2D eigenvalue weighted by Gasteiger charge is 2.76. The van der Waals surface area contributed by atoms with E-state index in [2.05, 4.69) is 0 Å². The number of esters is 1. The summed E-state index contributed by atoms with van der Waals surface area (Å²) in [5.41, 5.74) is -3.31. The van der Waals surface area contributed by atoms with E-state index in [9.17, 15) is 15.0 Å². The number of rotatable bonds is 2. The first-order valence-electron chi connectivity index (χ1n) is 8.41. The van der Waals surface area contributed by atoms with Crippen LogP contribution < -0.4 is 0 Å². The van der Waals surface area contributed by atoms with E-state index in [1.165, 1.54) is 0 Å². The standard InChI is InChI=1S/C18H30O4/c1-14(2,3)15(4,5)13(19)22-18-8-11-7-17(21,12(11)18)9-16(6,20)10-18/h11-12,20-21H,7-10H2,1-6H3. The van der Waals surface area contributed by atoms with Crippen LogP contribution in [0.3, 0.4) is 0 Å². The molecule has 3 aliphatic rings. The van der Waals surface area contributed by atoms with Crippen molar-refractivity contribution in [2.75, 3.05) is 0 Å². The number of hydrogen-bond donors (Lipinski definition) is 2. The third-order valence-electron chi connectivity index (χ3n) is 6.89. The van der Waals surface area contributed by atoms with Crippen molar-refractivity contribution >= 4 is 5.97 Å². The first-order chi connectivity index (χ1) is 9.73. The van der Waals surface area contributed by atoms with E-state index in [-0.39, 0.29) is 17.3 Å². The molecule has 0 spiro atoms. The lowest BCUT2D eigenvalue weighted by atomic mass is 9.37. The molecule has 0 aliphatic heterocycles. The van der Waals surface area contributed by atoms with E-state index in [1.54, 1.807) is 6.92 Å². The molecular weight excluding hydrogens is 280 g/mol. The molecular formula is C18H30O4. The Kier molecular flexibility index (Phi) is 3.01.